The molecule has 0 fully saturated rings. The number of hydrogen-bond donors (Lipinski definition) is 0. The van der Waals surface area contributed by atoms with Gasteiger partial charge in [-0.05, 0) is 54.1 Å². The molecule has 0 aliphatic heterocycles. The number of allylic oxidation sites excluding steroid dienone is 4. The lowest BCUT2D eigenvalue weighted by molar-refractivity contribution is -0.113. The van der Waals surface area contributed by atoms with E-state index in [1.54, 1.807) is 0 Å². The van der Waals surface area contributed by atoms with E-state index in [4.69, 9.17) is 0 Å². The van der Waals surface area contributed by atoms with E-state index in [0.717, 1.165) is 6.42 Å². The smallest absolute Gasteiger partial charge is 0.160 e. The number of hydrogen-bond acceptors (Lipinski definition) is 2. The first-order valence-corrected chi connectivity index (χ1v) is 6.03. The molecule has 0 aromatic carbocycles. The summed E-state index contributed by atoms with van der Waals surface area (Å²) in [6.45, 7) is 0. The fourth-order valence-electron chi connectivity index (χ4n) is 2.10. The lowest BCUT2D eigenvalue weighted by Gasteiger charge is -2.06. The van der Waals surface area contributed by atoms with Gasteiger partial charge in [-0.2, -0.15) is 0 Å². The Morgan fingerprint density at radius 3 is 2.85 bits per heavy atom. The van der Waals surface area contributed by atoms with Gasteiger partial charge in [0.25, 0.3) is 0 Å². The molecule has 0 saturated heterocycles. The molecule has 13 heavy (non-hydrogen) atoms. The van der Waals surface area contributed by atoms with Crippen LogP contribution in [0.4, 0.5) is 0 Å². The summed E-state index contributed by atoms with van der Waals surface area (Å²) in [4.78, 5) is 12.7. The number of ketones is 1. The van der Waals surface area contributed by atoms with Crippen LogP contribution in [-0.4, -0.2) is 12.0 Å². The van der Waals surface area contributed by atoms with Crippen LogP contribution < -0.4 is 0 Å². The maximum Gasteiger partial charge on any atom is 0.160 e. The van der Waals surface area contributed by atoms with Gasteiger partial charge in [0.2, 0.25) is 0 Å². The van der Waals surface area contributed by atoms with Crippen molar-refractivity contribution in [2.45, 2.75) is 32.1 Å². The van der Waals surface area contributed by atoms with Gasteiger partial charge in [-0.1, -0.05) is 0 Å². The van der Waals surface area contributed by atoms with Gasteiger partial charge in [0, 0.05) is 6.42 Å². The Balaban J connectivity index is 2.36. The molecule has 0 radical (unpaired) electrons. The molecule has 70 valence electrons. The molecule has 0 spiro atoms. The predicted molar refractivity (Wildman–Crippen MR) is 56.7 cm³/mol. The van der Waals surface area contributed by atoms with Crippen molar-refractivity contribution >= 4 is 17.5 Å². The maximum atomic E-state index is 11.3. The Bertz CT molecular complexity index is 299. The molecule has 0 saturated carbocycles. The highest BCUT2D eigenvalue weighted by molar-refractivity contribution is 8.02. The Morgan fingerprint density at radius 2 is 2.08 bits per heavy atom. The highest BCUT2D eigenvalue weighted by atomic mass is 32.2. The molecule has 2 heteroatoms. The van der Waals surface area contributed by atoms with E-state index in [1.807, 2.05) is 17.8 Å². The molecule has 2 aliphatic rings. The van der Waals surface area contributed by atoms with Gasteiger partial charge in [-0.3, -0.25) is 4.79 Å². The van der Waals surface area contributed by atoms with E-state index < -0.39 is 0 Å². The summed E-state index contributed by atoms with van der Waals surface area (Å²) in [6.07, 6.45) is 9.47. The topological polar surface area (TPSA) is 17.1 Å². The van der Waals surface area contributed by atoms with E-state index in [9.17, 15) is 4.79 Å². The van der Waals surface area contributed by atoms with Crippen molar-refractivity contribution in [2.24, 2.45) is 0 Å². The molecule has 0 aromatic rings. The lowest BCUT2D eigenvalue weighted by atomic mass is 10.1. The van der Waals surface area contributed by atoms with Crippen LogP contribution >= 0.6 is 11.8 Å². The number of carbonyl (C=O) groups is 1. The molecule has 0 N–H and O–H groups in total. The summed E-state index contributed by atoms with van der Waals surface area (Å²) in [5.41, 5.74) is 2.68. The number of fused-ring (bicyclic) bond motifs is 1. The second kappa shape index (κ2) is 3.70. The monoisotopic (exact) mass is 194 g/mol. The fourth-order valence-corrected chi connectivity index (χ4v) is 2.90. The molecular formula is C11H14OS. The van der Waals surface area contributed by atoms with E-state index in [-0.39, 0.29) is 0 Å². The molecule has 0 atom stereocenters. The van der Waals surface area contributed by atoms with Gasteiger partial charge >= 0.3 is 0 Å². The SMILES string of the molecule is CSC1=C2CC(=O)C=C2CCCC1. The summed E-state index contributed by atoms with van der Waals surface area (Å²) < 4.78 is 0. The second-order valence-electron chi connectivity index (χ2n) is 3.63. The van der Waals surface area contributed by atoms with Gasteiger partial charge in [-0.15, -0.1) is 11.8 Å². The van der Waals surface area contributed by atoms with Crippen LogP contribution in [0.5, 0.6) is 0 Å². The number of rotatable bonds is 1. The third kappa shape index (κ3) is 1.73. The Kier molecular flexibility index (Phi) is 2.58. The van der Waals surface area contributed by atoms with Crippen molar-refractivity contribution in [3.8, 4) is 0 Å². The molecule has 0 unspecified atom stereocenters. The van der Waals surface area contributed by atoms with Crippen molar-refractivity contribution in [1.82, 2.24) is 0 Å². The highest BCUT2D eigenvalue weighted by Gasteiger charge is 2.22. The maximum absolute atomic E-state index is 11.3. The zero-order valence-electron chi connectivity index (χ0n) is 7.93. The van der Waals surface area contributed by atoms with Crippen molar-refractivity contribution in [3.05, 3.63) is 22.1 Å². The molecule has 2 rings (SSSR count). The molecule has 2 aliphatic carbocycles. The summed E-state index contributed by atoms with van der Waals surface area (Å²) >= 11 is 1.82. The van der Waals surface area contributed by atoms with E-state index in [1.165, 1.54) is 35.3 Å². The zero-order valence-corrected chi connectivity index (χ0v) is 8.75. The van der Waals surface area contributed by atoms with Crippen LogP contribution in [0, 0.1) is 0 Å². The average molecular weight is 194 g/mol. The minimum atomic E-state index is 0.304. The highest BCUT2D eigenvalue weighted by Crippen LogP contribution is 2.38. The Morgan fingerprint density at radius 1 is 1.31 bits per heavy atom. The molecular weight excluding hydrogens is 180 g/mol. The van der Waals surface area contributed by atoms with E-state index >= 15 is 0 Å². The molecule has 0 aromatic heterocycles. The van der Waals surface area contributed by atoms with Gasteiger partial charge in [0.05, 0.1) is 0 Å². The Hall–Kier alpha value is -0.500. The van der Waals surface area contributed by atoms with Crippen LogP contribution in [-0.2, 0) is 4.79 Å². The first kappa shape index (κ1) is 9.07. The van der Waals surface area contributed by atoms with E-state index in [2.05, 4.69) is 6.26 Å². The van der Waals surface area contributed by atoms with Crippen molar-refractivity contribution in [1.29, 1.82) is 0 Å². The second-order valence-corrected chi connectivity index (χ2v) is 4.53. The molecule has 1 nitrogen and oxygen atoms in total. The van der Waals surface area contributed by atoms with Crippen LogP contribution in [0.1, 0.15) is 32.1 Å². The number of carbonyl (C=O) groups excluding carboxylic acids is 1. The van der Waals surface area contributed by atoms with Crippen LogP contribution in [0.25, 0.3) is 0 Å². The Labute approximate surface area is 83.3 Å². The zero-order chi connectivity index (χ0) is 9.26. The van der Waals surface area contributed by atoms with Gasteiger partial charge < -0.3 is 0 Å². The molecule has 0 amide bonds. The summed E-state index contributed by atoms with van der Waals surface area (Å²) in [5, 5.41) is 0. The fraction of sp³-hybridized carbons (Fsp3) is 0.545. The van der Waals surface area contributed by atoms with Crippen LogP contribution in [0.15, 0.2) is 22.1 Å². The summed E-state index contributed by atoms with van der Waals surface area (Å²) in [7, 11) is 0. The van der Waals surface area contributed by atoms with Crippen molar-refractivity contribution in [3.63, 3.8) is 0 Å². The molecule has 0 bridgehead atoms. The van der Waals surface area contributed by atoms with Crippen molar-refractivity contribution < 1.29 is 4.79 Å². The summed E-state index contributed by atoms with van der Waals surface area (Å²) in [5.74, 6) is 0.304. The standard InChI is InChI=1S/C11H14OS/c1-13-11-5-3-2-4-8-6-9(12)7-10(8)11/h6H,2-5,7H2,1H3. The molecule has 0 heterocycles. The van der Waals surface area contributed by atoms with Gasteiger partial charge in [0.1, 0.15) is 0 Å². The normalized spacial score (nSPS) is 22.8. The minimum absolute atomic E-state index is 0.304. The first-order chi connectivity index (χ1) is 6.31. The minimum Gasteiger partial charge on any atom is -0.294 e. The first-order valence-electron chi connectivity index (χ1n) is 4.81. The quantitative estimate of drug-likeness (QED) is 0.638. The van der Waals surface area contributed by atoms with Crippen molar-refractivity contribution in [2.75, 3.05) is 6.26 Å². The summed E-state index contributed by atoms with van der Waals surface area (Å²) in [6, 6.07) is 0. The average Bonchev–Trinajstić information content (AvgIpc) is 2.37. The largest absolute Gasteiger partial charge is 0.294 e. The van der Waals surface area contributed by atoms with Gasteiger partial charge in [0.15, 0.2) is 5.78 Å². The third-order valence-electron chi connectivity index (χ3n) is 2.76. The van der Waals surface area contributed by atoms with E-state index in [0.29, 0.717) is 12.2 Å². The lowest BCUT2D eigenvalue weighted by Crippen LogP contribution is -1.88. The van der Waals surface area contributed by atoms with Crippen LogP contribution in [0.3, 0.4) is 0 Å². The predicted octanol–water partition coefficient (Wildman–Crippen LogP) is 3.08. The third-order valence-corrected chi connectivity index (χ3v) is 3.70. The van der Waals surface area contributed by atoms with Crippen LogP contribution in [0.2, 0.25) is 0 Å². The number of thioether (sulfide) groups is 1. The van der Waals surface area contributed by atoms with Gasteiger partial charge in [-0.25, -0.2) is 0 Å².